The van der Waals surface area contributed by atoms with Crippen LogP contribution in [0.4, 0.5) is 8.78 Å². The van der Waals surface area contributed by atoms with Gasteiger partial charge in [-0.3, -0.25) is 0 Å². The maximum absolute atomic E-state index is 12.4. The van der Waals surface area contributed by atoms with Crippen LogP contribution in [0.25, 0.3) is 0 Å². The Morgan fingerprint density at radius 1 is 1.47 bits per heavy atom. The number of rotatable bonds is 2. The lowest BCUT2D eigenvalue weighted by molar-refractivity contribution is 0.115. The first-order valence-electron chi connectivity index (χ1n) is 3.94. The normalized spacial score (nSPS) is 12.5. The average molecular weight is 277 g/mol. The zero-order valence-corrected chi connectivity index (χ0v) is 9.00. The first-order chi connectivity index (χ1) is 6.99. The third kappa shape index (κ3) is 2.25. The summed E-state index contributed by atoms with van der Waals surface area (Å²) in [6.07, 6.45) is -2.80. The molecule has 0 fully saturated rings. The molecule has 15 heavy (non-hydrogen) atoms. The van der Waals surface area contributed by atoms with Gasteiger partial charge in [-0.2, -0.15) is 5.26 Å². The summed E-state index contributed by atoms with van der Waals surface area (Å²) in [6.45, 7) is 0. The average Bonchev–Trinajstić information content (AvgIpc) is 2.17. The van der Waals surface area contributed by atoms with Crippen LogP contribution in [-0.2, 0) is 0 Å². The molecule has 80 valence electrons. The van der Waals surface area contributed by atoms with Gasteiger partial charge < -0.3 is 10.8 Å². The molecule has 3 nitrogen and oxygen atoms in total. The lowest BCUT2D eigenvalue weighted by atomic mass is 10.0. The molecule has 0 spiro atoms. The maximum Gasteiger partial charge on any atom is 0.257 e. The van der Waals surface area contributed by atoms with Crippen molar-refractivity contribution < 1.29 is 13.9 Å². The van der Waals surface area contributed by atoms with E-state index in [4.69, 9.17) is 11.0 Å². The Hall–Kier alpha value is -1.19. The number of nitrogens with zero attached hydrogens (tertiary/aromatic N) is 1. The van der Waals surface area contributed by atoms with Gasteiger partial charge in [-0.25, -0.2) is 8.78 Å². The molecule has 0 aliphatic rings. The monoisotopic (exact) mass is 276 g/mol. The highest BCUT2D eigenvalue weighted by atomic mass is 79.9. The molecule has 0 aliphatic heterocycles. The molecule has 0 amide bonds. The van der Waals surface area contributed by atoms with E-state index in [2.05, 4.69) is 15.9 Å². The lowest BCUT2D eigenvalue weighted by Crippen LogP contribution is -2.19. The van der Waals surface area contributed by atoms with Crippen molar-refractivity contribution in [3.63, 3.8) is 0 Å². The molecule has 0 radical (unpaired) electrons. The zero-order chi connectivity index (χ0) is 11.6. The predicted octanol–water partition coefficient (Wildman–Crippen LogP) is 2.29. The van der Waals surface area contributed by atoms with Gasteiger partial charge in [0, 0.05) is 10.0 Å². The number of phenols is 1. The summed E-state index contributed by atoms with van der Waals surface area (Å²) < 4.78 is 25.0. The molecule has 3 N–H and O–H groups in total. The number of nitriles is 1. The number of nitrogens with two attached hydrogens (primary N) is 1. The third-order valence-electron chi connectivity index (χ3n) is 1.89. The Balaban J connectivity index is 3.34. The van der Waals surface area contributed by atoms with Crippen LogP contribution < -0.4 is 5.73 Å². The minimum Gasteiger partial charge on any atom is -0.506 e. The summed E-state index contributed by atoms with van der Waals surface area (Å²) in [5, 5.41) is 18.1. The fourth-order valence-electron chi connectivity index (χ4n) is 1.12. The number of hydrogen-bond donors (Lipinski definition) is 2. The minimum atomic E-state index is -2.80. The van der Waals surface area contributed by atoms with Crippen molar-refractivity contribution in [1.82, 2.24) is 0 Å². The number of alkyl halides is 2. The number of benzene rings is 1. The van der Waals surface area contributed by atoms with Crippen LogP contribution in [0, 0.1) is 11.3 Å². The summed E-state index contributed by atoms with van der Waals surface area (Å²) in [7, 11) is 0. The van der Waals surface area contributed by atoms with Gasteiger partial charge >= 0.3 is 0 Å². The van der Waals surface area contributed by atoms with E-state index in [0.29, 0.717) is 0 Å². The molecule has 0 bridgehead atoms. The molecule has 0 unspecified atom stereocenters. The van der Waals surface area contributed by atoms with E-state index in [-0.39, 0.29) is 15.6 Å². The highest BCUT2D eigenvalue weighted by Gasteiger charge is 2.24. The van der Waals surface area contributed by atoms with Crippen LogP contribution in [0.2, 0.25) is 0 Å². The fraction of sp³-hybridized carbons (Fsp3) is 0.222. The lowest BCUT2D eigenvalue weighted by Gasteiger charge is -2.15. The van der Waals surface area contributed by atoms with Crippen molar-refractivity contribution in [2.24, 2.45) is 5.73 Å². The van der Waals surface area contributed by atoms with E-state index in [1.54, 1.807) is 6.07 Å². The summed E-state index contributed by atoms with van der Waals surface area (Å²) in [5.74, 6) is -0.500. The zero-order valence-electron chi connectivity index (χ0n) is 7.42. The Kier molecular flexibility index (Phi) is 3.61. The number of aromatic hydroxyl groups is 1. The van der Waals surface area contributed by atoms with Crippen LogP contribution in [0.15, 0.2) is 16.6 Å². The SMILES string of the molecule is N#Cc1ccc(Br)c([C@@H](N)C(F)F)c1O. The minimum absolute atomic E-state index is 0.0794. The Morgan fingerprint density at radius 3 is 2.53 bits per heavy atom. The standard InChI is InChI=1S/C9H7BrF2N2O/c10-5-2-1-4(3-13)8(15)6(5)7(14)9(11)12/h1-2,7,9,15H,14H2/t7-/m1/s1. The van der Waals surface area contributed by atoms with Gasteiger partial charge in [0.1, 0.15) is 11.8 Å². The molecular weight excluding hydrogens is 270 g/mol. The molecule has 0 aliphatic carbocycles. The highest BCUT2D eigenvalue weighted by Crippen LogP contribution is 2.35. The first kappa shape index (κ1) is 11.9. The van der Waals surface area contributed by atoms with Crippen LogP contribution in [-0.4, -0.2) is 11.5 Å². The van der Waals surface area contributed by atoms with Crippen LogP contribution in [0.3, 0.4) is 0 Å². The predicted molar refractivity (Wildman–Crippen MR) is 53.5 cm³/mol. The maximum atomic E-state index is 12.4. The smallest absolute Gasteiger partial charge is 0.257 e. The number of halogens is 3. The van der Waals surface area contributed by atoms with E-state index in [1.807, 2.05) is 0 Å². The van der Waals surface area contributed by atoms with E-state index < -0.39 is 18.2 Å². The van der Waals surface area contributed by atoms with Crippen molar-refractivity contribution in [3.05, 3.63) is 27.7 Å². The summed E-state index contributed by atoms with van der Waals surface area (Å²) in [5.41, 5.74) is 4.99. The van der Waals surface area contributed by atoms with Gasteiger partial charge in [0.25, 0.3) is 6.43 Å². The topological polar surface area (TPSA) is 70.0 Å². The van der Waals surface area contributed by atoms with Crippen molar-refractivity contribution in [2.75, 3.05) is 0 Å². The van der Waals surface area contributed by atoms with Gasteiger partial charge in [-0.15, -0.1) is 0 Å². The van der Waals surface area contributed by atoms with Crippen molar-refractivity contribution in [1.29, 1.82) is 5.26 Å². The molecule has 1 rings (SSSR count). The van der Waals surface area contributed by atoms with Crippen LogP contribution in [0.1, 0.15) is 17.2 Å². The van der Waals surface area contributed by atoms with Crippen molar-refractivity contribution in [3.8, 4) is 11.8 Å². The second-order valence-corrected chi connectivity index (χ2v) is 3.68. The Morgan fingerprint density at radius 2 is 2.07 bits per heavy atom. The number of phenolic OH excluding ortho intramolecular Hbond substituents is 1. The molecule has 1 aromatic rings. The van der Waals surface area contributed by atoms with Crippen LogP contribution >= 0.6 is 15.9 Å². The molecule has 0 saturated carbocycles. The number of hydrogen-bond acceptors (Lipinski definition) is 3. The molecule has 1 aromatic carbocycles. The van der Waals surface area contributed by atoms with Crippen molar-refractivity contribution in [2.45, 2.75) is 12.5 Å². The molecule has 0 saturated heterocycles. The summed E-state index contributed by atoms with van der Waals surface area (Å²) >= 11 is 3.00. The molecular formula is C9H7BrF2N2O. The Bertz CT molecular complexity index is 417. The van der Waals surface area contributed by atoms with Gasteiger partial charge in [0.2, 0.25) is 0 Å². The van der Waals surface area contributed by atoms with E-state index >= 15 is 0 Å². The summed E-state index contributed by atoms with van der Waals surface area (Å²) in [6, 6.07) is 2.79. The Labute approximate surface area is 93.3 Å². The van der Waals surface area contributed by atoms with Crippen LogP contribution in [0.5, 0.6) is 5.75 Å². The second-order valence-electron chi connectivity index (χ2n) is 2.83. The first-order valence-corrected chi connectivity index (χ1v) is 4.73. The second kappa shape index (κ2) is 4.55. The molecule has 0 heterocycles. The van der Waals surface area contributed by atoms with Crippen molar-refractivity contribution >= 4 is 15.9 Å². The third-order valence-corrected chi connectivity index (χ3v) is 2.58. The highest BCUT2D eigenvalue weighted by molar-refractivity contribution is 9.10. The fourth-order valence-corrected chi connectivity index (χ4v) is 1.70. The molecule has 1 atom stereocenters. The molecule has 6 heteroatoms. The van der Waals surface area contributed by atoms with Gasteiger partial charge in [0.15, 0.2) is 0 Å². The summed E-state index contributed by atoms with van der Waals surface area (Å²) in [4.78, 5) is 0. The van der Waals surface area contributed by atoms with E-state index in [9.17, 15) is 13.9 Å². The quantitative estimate of drug-likeness (QED) is 0.871. The van der Waals surface area contributed by atoms with Gasteiger partial charge in [-0.1, -0.05) is 15.9 Å². The molecule has 0 aromatic heterocycles. The van der Waals surface area contributed by atoms with Gasteiger partial charge in [-0.05, 0) is 12.1 Å². The largest absolute Gasteiger partial charge is 0.506 e. The van der Waals surface area contributed by atoms with E-state index in [0.717, 1.165) is 0 Å². The van der Waals surface area contributed by atoms with Gasteiger partial charge in [0.05, 0.1) is 11.6 Å². The van der Waals surface area contributed by atoms with E-state index in [1.165, 1.54) is 12.1 Å².